The van der Waals surface area contributed by atoms with Crippen LogP contribution >= 0.6 is 0 Å². The zero-order valence-electron chi connectivity index (χ0n) is 14.3. The first-order chi connectivity index (χ1) is 13.1. The van der Waals surface area contributed by atoms with E-state index in [0.717, 1.165) is 22.0 Å². The molecule has 0 fully saturated rings. The van der Waals surface area contributed by atoms with Gasteiger partial charge in [-0.2, -0.15) is 0 Å². The van der Waals surface area contributed by atoms with E-state index in [2.05, 4.69) is 10.3 Å². The van der Waals surface area contributed by atoms with Gasteiger partial charge in [-0.3, -0.25) is 4.79 Å². The smallest absolute Gasteiger partial charge is 0.337 e. The number of fused-ring (bicyclic) bond motifs is 1. The van der Waals surface area contributed by atoms with Crippen molar-refractivity contribution in [1.82, 2.24) is 4.98 Å². The largest absolute Gasteiger partial charge is 0.478 e. The topological polar surface area (TPSA) is 82.2 Å². The number of anilines is 1. The minimum atomic E-state index is -1.09. The highest BCUT2D eigenvalue weighted by atomic mass is 16.4. The van der Waals surface area contributed by atoms with Crippen LogP contribution in [-0.4, -0.2) is 22.0 Å². The van der Waals surface area contributed by atoms with Gasteiger partial charge in [-0.1, -0.05) is 30.3 Å². The van der Waals surface area contributed by atoms with Crippen molar-refractivity contribution in [2.75, 3.05) is 5.32 Å². The Labute approximate surface area is 155 Å². The van der Waals surface area contributed by atoms with Gasteiger partial charge < -0.3 is 15.4 Å². The first-order valence-electron chi connectivity index (χ1n) is 8.43. The lowest BCUT2D eigenvalue weighted by Gasteiger charge is -2.11. The van der Waals surface area contributed by atoms with Crippen LogP contribution in [0.3, 0.4) is 0 Å². The molecule has 3 N–H and O–H groups in total. The predicted molar refractivity (Wildman–Crippen MR) is 105 cm³/mol. The highest BCUT2D eigenvalue weighted by Gasteiger charge is 2.15. The van der Waals surface area contributed by atoms with Crippen molar-refractivity contribution in [3.05, 3.63) is 90.1 Å². The number of aromatic amines is 1. The fraction of sp³-hybridized carbons (Fsp3) is 0. The number of H-pyrrole nitrogens is 1. The van der Waals surface area contributed by atoms with Crippen molar-refractivity contribution in [1.29, 1.82) is 0 Å². The van der Waals surface area contributed by atoms with Gasteiger partial charge >= 0.3 is 5.97 Å². The molecule has 0 saturated heterocycles. The van der Waals surface area contributed by atoms with E-state index >= 15 is 0 Å². The zero-order valence-corrected chi connectivity index (χ0v) is 14.3. The molecule has 0 bridgehead atoms. The molecule has 4 aromatic rings. The summed E-state index contributed by atoms with van der Waals surface area (Å²) in [5.41, 5.74) is 3.57. The monoisotopic (exact) mass is 356 g/mol. The Bertz CT molecular complexity index is 1150. The second kappa shape index (κ2) is 6.80. The van der Waals surface area contributed by atoms with Gasteiger partial charge in [0.25, 0.3) is 5.91 Å². The Balaban J connectivity index is 1.73. The number of amides is 1. The minimum absolute atomic E-state index is 0.0470. The van der Waals surface area contributed by atoms with Gasteiger partial charge in [-0.05, 0) is 59.0 Å². The number of hydrogen-bond acceptors (Lipinski definition) is 2. The van der Waals surface area contributed by atoms with Crippen molar-refractivity contribution in [3.8, 4) is 11.1 Å². The summed E-state index contributed by atoms with van der Waals surface area (Å²) in [6.45, 7) is 0. The molecule has 4 rings (SSSR count). The van der Waals surface area contributed by atoms with Crippen molar-refractivity contribution < 1.29 is 14.7 Å². The maximum atomic E-state index is 12.5. The average molecular weight is 356 g/mol. The average Bonchev–Trinajstić information content (AvgIpc) is 3.16. The highest BCUT2D eigenvalue weighted by Crippen LogP contribution is 2.28. The molecule has 0 radical (unpaired) electrons. The molecule has 0 unspecified atom stereocenters. The van der Waals surface area contributed by atoms with Crippen LogP contribution < -0.4 is 5.32 Å². The third-order valence-corrected chi connectivity index (χ3v) is 4.42. The number of hydrogen-bond donors (Lipinski definition) is 3. The number of carboxylic acid groups (broad SMARTS) is 1. The molecular formula is C22H16N2O3. The minimum Gasteiger partial charge on any atom is -0.478 e. The van der Waals surface area contributed by atoms with Crippen molar-refractivity contribution >= 4 is 28.5 Å². The Morgan fingerprint density at radius 2 is 1.59 bits per heavy atom. The molecule has 1 aromatic heterocycles. The number of rotatable bonds is 4. The lowest BCUT2D eigenvalue weighted by molar-refractivity contribution is 0.0698. The Morgan fingerprint density at radius 3 is 2.37 bits per heavy atom. The first kappa shape index (κ1) is 16.6. The van der Waals surface area contributed by atoms with E-state index in [1.54, 1.807) is 36.4 Å². The van der Waals surface area contributed by atoms with E-state index in [1.165, 1.54) is 6.07 Å². The third kappa shape index (κ3) is 3.30. The molecule has 132 valence electrons. The second-order valence-corrected chi connectivity index (χ2v) is 6.17. The summed E-state index contributed by atoms with van der Waals surface area (Å²) in [4.78, 5) is 27.2. The Hall–Kier alpha value is -3.86. The maximum absolute atomic E-state index is 12.5. The van der Waals surface area contributed by atoms with Crippen LogP contribution in [0.25, 0.3) is 22.0 Å². The van der Waals surface area contributed by atoms with E-state index in [4.69, 9.17) is 0 Å². The second-order valence-electron chi connectivity index (χ2n) is 6.17. The lowest BCUT2D eigenvalue weighted by atomic mass is 10.0. The van der Waals surface area contributed by atoms with Gasteiger partial charge in [0.15, 0.2) is 0 Å². The van der Waals surface area contributed by atoms with Crippen molar-refractivity contribution in [2.24, 2.45) is 0 Å². The highest BCUT2D eigenvalue weighted by molar-refractivity contribution is 6.08. The zero-order chi connectivity index (χ0) is 18.8. The number of carbonyl (C=O) groups excluding carboxylic acids is 1. The molecule has 27 heavy (non-hydrogen) atoms. The number of nitrogens with one attached hydrogen (secondary N) is 2. The molecule has 1 amide bonds. The summed E-state index contributed by atoms with van der Waals surface area (Å²) in [5.74, 6) is -1.44. The molecule has 0 aliphatic carbocycles. The quantitative estimate of drug-likeness (QED) is 0.492. The van der Waals surface area contributed by atoms with Gasteiger partial charge in [-0.15, -0.1) is 0 Å². The summed E-state index contributed by atoms with van der Waals surface area (Å²) in [6, 6.07) is 21.6. The molecule has 0 atom stereocenters. The van der Waals surface area contributed by atoms with Gasteiger partial charge in [0.1, 0.15) is 0 Å². The molecule has 0 aliphatic rings. The molecule has 0 aliphatic heterocycles. The third-order valence-electron chi connectivity index (χ3n) is 4.42. The van der Waals surface area contributed by atoms with Gasteiger partial charge in [-0.25, -0.2) is 4.79 Å². The van der Waals surface area contributed by atoms with E-state index in [1.807, 2.05) is 36.5 Å². The predicted octanol–water partition coefficient (Wildman–Crippen LogP) is 4.79. The molecule has 5 nitrogen and oxygen atoms in total. The number of carboxylic acids is 1. The summed E-state index contributed by atoms with van der Waals surface area (Å²) < 4.78 is 0. The first-order valence-corrected chi connectivity index (χ1v) is 8.43. The summed E-state index contributed by atoms with van der Waals surface area (Å²) >= 11 is 0. The van der Waals surface area contributed by atoms with Gasteiger partial charge in [0.2, 0.25) is 0 Å². The van der Waals surface area contributed by atoms with Gasteiger partial charge in [0, 0.05) is 17.3 Å². The van der Waals surface area contributed by atoms with Crippen molar-refractivity contribution in [3.63, 3.8) is 0 Å². The molecular weight excluding hydrogens is 340 g/mol. The molecule has 5 heteroatoms. The summed E-state index contributed by atoms with van der Waals surface area (Å²) in [7, 11) is 0. The molecule has 3 aromatic carbocycles. The fourth-order valence-electron chi connectivity index (χ4n) is 3.03. The van der Waals surface area contributed by atoms with Gasteiger partial charge in [0.05, 0.1) is 11.3 Å². The Kier molecular flexibility index (Phi) is 4.18. The van der Waals surface area contributed by atoms with E-state index in [-0.39, 0.29) is 17.2 Å². The molecule has 0 saturated carbocycles. The van der Waals surface area contributed by atoms with Crippen LogP contribution in [0.15, 0.2) is 79.0 Å². The Morgan fingerprint density at radius 1 is 0.852 bits per heavy atom. The fourth-order valence-corrected chi connectivity index (χ4v) is 3.03. The summed E-state index contributed by atoms with van der Waals surface area (Å²) in [5, 5.41) is 13.3. The van der Waals surface area contributed by atoms with E-state index < -0.39 is 5.97 Å². The molecule has 0 spiro atoms. The number of carbonyl (C=O) groups is 2. The van der Waals surface area contributed by atoms with Crippen LogP contribution in [0.4, 0.5) is 5.69 Å². The van der Waals surface area contributed by atoms with Crippen molar-refractivity contribution in [2.45, 2.75) is 0 Å². The van der Waals surface area contributed by atoms with Crippen LogP contribution in [-0.2, 0) is 0 Å². The SMILES string of the molecule is O=C(Nc1cc(-c2ccc3[nH]ccc3c2)ccc1C(=O)O)c1ccccc1. The number of aromatic carboxylic acids is 1. The standard InChI is InChI=1S/C22H16N2O3/c25-21(14-4-2-1-3-5-14)24-20-13-16(6-8-18(20)22(26)27)15-7-9-19-17(12-15)10-11-23-19/h1-13,23H,(H,24,25)(H,26,27). The van der Waals surface area contributed by atoms with Crippen LogP contribution in [0.5, 0.6) is 0 Å². The molecule has 1 heterocycles. The van der Waals surface area contributed by atoms with Crippen LogP contribution in [0.1, 0.15) is 20.7 Å². The van der Waals surface area contributed by atoms with E-state index in [9.17, 15) is 14.7 Å². The van der Waals surface area contributed by atoms with Crippen LogP contribution in [0.2, 0.25) is 0 Å². The maximum Gasteiger partial charge on any atom is 0.337 e. The normalized spacial score (nSPS) is 10.7. The lowest BCUT2D eigenvalue weighted by Crippen LogP contribution is -2.14. The summed E-state index contributed by atoms with van der Waals surface area (Å²) in [6.07, 6.45) is 1.87. The van der Waals surface area contributed by atoms with E-state index in [0.29, 0.717) is 5.56 Å². The number of aromatic nitrogens is 1. The van der Waals surface area contributed by atoms with Crippen LogP contribution in [0, 0.1) is 0 Å². The number of benzene rings is 3.